The third-order valence-electron chi connectivity index (χ3n) is 4.01. The molecule has 0 aromatic carbocycles. The lowest BCUT2D eigenvalue weighted by molar-refractivity contribution is 0.359. The highest BCUT2D eigenvalue weighted by Crippen LogP contribution is 2.36. The maximum absolute atomic E-state index is 7.90. The van der Waals surface area contributed by atoms with Gasteiger partial charge in [-0.15, -0.1) is 0 Å². The molecule has 0 aromatic rings. The quantitative estimate of drug-likeness (QED) is 0.324. The fraction of sp³-hybridized carbons (Fsp3) is 0.450. The number of allylic oxidation sites excluding steroid dienone is 9. The van der Waals surface area contributed by atoms with Crippen molar-refractivity contribution in [2.24, 2.45) is 11.3 Å². The third kappa shape index (κ3) is 5.00. The second-order valence-corrected chi connectivity index (χ2v) is 6.17. The second-order valence-electron chi connectivity index (χ2n) is 6.17. The lowest BCUT2D eigenvalue weighted by atomic mass is 9.73. The molecule has 0 fully saturated rings. The van der Waals surface area contributed by atoms with Crippen LogP contribution in [-0.2, 0) is 0 Å². The van der Waals surface area contributed by atoms with Gasteiger partial charge in [-0.1, -0.05) is 63.3 Å². The Balaban J connectivity index is 6.23. The first-order valence-electron chi connectivity index (χ1n) is 7.58. The highest BCUT2D eigenvalue weighted by molar-refractivity contribution is 5.81. The zero-order valence-electron chi connectivity index (χ0n) is 14.7. The van der Waals surface area contributed by atoms with Gasteiger partial charge >= 0.3 is 0 Å². The van der Waals surface area contributed by atoms with Gasteiger partial charge < -0.3 is 5.41 Å². The summed E-state index contributed by atoms with van der Waals surface area (Å²) in [5, 5.41) is 7.90. The molecule has 0 radical (unpaired) electrons. The van der Waals surface area contributed by atoms with E-state index in [4.69, 9.17) is 5.41 Å². The summed E-state index contributed by atoms with van der Waals surface area (Å²) < 4.78 is 0. The summed E-state index contributed by atoms with van der Waals surface area (Å²) in [5.41, 5.74) is 4.49. The van der Waals surface area contributed by atoms with E-state index in [9.17, 15) is 0 Å². The van der Waals surface area contributed by atoms with E-state index in [1.807, 2.05) is 26.0 Å². The highest BCUT2D eigenvalue weighted by Gasteiger charge is 2.27. The van der Waals surface area contributed by atoms with Gasteiger partial charge in [0.15, 0.2) is 0 Å². The monoisotopic (exact) mass is 285 g/mol. The number of rotatable bonds is 7. The lowest BCUT2D eigenvalue weighted by Gasteiger charge is -2.31. The second kappa shape index (κ2) is 8.61. The topological polar surface area (TPSA) is 23.9 Å². The van der Waals surface area contributed by atoms with Crippen molar-refractivity contribution in [1.82, 2.24) is 0 Å². The predicted molar refractivity (Wildman–Crippen MR) is 97.0 cm³/mol. The highest BCUT2D eigenvalue weighted by atomic mass is 14.4. The van der Waals surface area contributed by atoms with Crippen molar-refractivity contribution in [3.05, 3.63) is 59.3 Å². The molecule has 0 aromatic heterocycles. The van der Waals surface area contributed by atoms with E-state index in [1.54, 1.807) is 0 Å². The van der Waals surface area contributed by atoms with Gasteiger partial charge in [-0.3, -0.25) is 0 Å². The van der Waals surface area contributed by atoms with Crippen LogP contribution in [0, 0.1) is 16.7 Å². The Labute approximate surface area is 131 Å². The SMILES string of the molecule is C=C/C(C(/C=C\C)=C(C)C)=C(\C=N)C(C)C(C)(C)/C=C\C. The number of hydrogen-bond donors (Lipinski definition) is 1. The molecule has 21 heavy (non-hydrogen) atoms. The first-order valence-corrected chi connectivity index (χ1v) is 7.58. The molecule has 0 aliphatic carbocycles. The van der Waals surface area contributed by atoms with Gasteiger partial charge in [0.1, 0.15) is 0 Å². The average molecular weight is 285 g/mol. The smallest absolute Gasteiger partial charge is 0.0219 e. The molecule has 0 saturated heterocycles. The molecule has 0 aliphatic rings. The van der Waals surface area contributed by atoms with E-state index in [1.165, 1.54) is 11.8 Å². The Morgan fingerprint density at radius 3 is 2.00 bits per heavy atom. The molecule has 116 valence electrons. The van der Waals surface area contributed by atoms with Crippen molar-refractivity contribution < 1.29 is 0 Å². The van der Waals surface area contributed by atoms with Gasteiger partial charge in [0.05, 0.1) is 0 Å². The zero-order valence-corrected chi connectivity index (χ0v) is 14.7. The summed E-state index contributed by atoms with van der Waals surface area (Å²) in [6.07, 6.45) is 11.8. The van der Waals surface area contributed by atoms with E-state index in [0.717, 1.165) is 16.7 Å². The molecule has 1 N–H and O–H groups in total. The van der Waals surface area contributed by atoms with Crippen molar-refractivity contribution in [3.63, 3.8) is 0 Å². The van der Waals surface area contributed by atoms with Crippen LogP contribution in [0.25, 0.3) is 0 Å². The van der Waals surface area contributed by atoms with Crippen LogP contribution in [0.2, 0.25) is 0 Å². The molecule has 1 unspecified atom stereocenters. The molecular formula is C20H31N. The van der Waals surface area contributed by atoms with Crippen LogP contribution >= 0.6 is 0 Å². The van der Waals surface area contributed by atoms with Crippen LogP contribution in [0.4, 0.5) is 0 Å². The molecule has 1 nitrogen and oxygen atoms in total. The van der Waals surface area contributed by atoms with Crippen LogP contribution < -0.4 is 0 Å². The summed E-state index contributed by atoms with van der Waals surface area (Å²) in [6, 6.07) is 0. The fourth-order valence-electron chi connectivity index (χ4n) is 2.49. The minimum Gasteiger partial charge on any atom is -0.308 e. The van der Waals surface area contributed by atoms with Crippen molar-refractivity contribution in [3.8, 4) is 0 Å². The Hall–Kier alpha value is -1.63. The van der Waals surface area contributed by atoms with Crippen LogP contribution in [0.15, 0.2) is 59.3 Å². The van der Waals surface area contributed by atoms with Crippen LogP contribution in [0.1, 0.15) is 48.5 Å². The summed E-state index contributed by atoms with van der Waals surface area (Å²) in [7, 11) is 0. The summed E-state index contributed by atoms with van der Waals surface area (Å²) in [6.45, 7) is 18.8. The Kier molecular flexibility index (Phi) is 7.94. The van der Waals surface area contributed by atoms with Crippen LogP contribution in [-0.4, -0.2) is 6.21 Å². The first-order chi connectivity index (χ1) is 9.76. The van der Waals surface area contributed by atoms with Gasteiger partial charge in [0.25, 0.3) is 0 Å². The number of hydrogen-bond acceptors (Lipinski definition) is 1. The average Bonchev–Trinajstić information content (AvgIpc) is 2.41. The van der Waals surface area contributed by atoms with Crippen molar-refractivity contribution in [2.75, 3.05) is 0 Å². The van der Waals surface area contributed by atoms with Crippen LogP contribution in [0.5, 0.6) is 0 Å². The molecule has 0 spiro atoms. The van der Waals surface area contributed by atoms with E-state index >= 15 is 0 Å². The van der Waals surface area contributed by atoms with Crippen molar-refractivity contribution in [2.45, 2.75) is 48.5 Å². The maximum atomic E-state index is 7.90. The maximum Gasteiger partial charge on any atom is 0.0219 e. The zero-order chi connectivity index (χ0) is 16.6. The van der Waals surface area contributed by atoms with E-state index in [-0.39, 0.29) is 11.3 Å². The van der Waals surface area contributed by atoms with E-state index in [2.05, 4.69) is 59.4 Å². The van der Waals surface area contributed by atoms with Crippen LogP contribution in [0.3, 0.4) is 0 Å². The van der Waals surface area contributed by atoms with Gasteiger partial charge in [0.2, 0.25) is 0 Å². The standard InChI is InChI=1S/C20H31N/c1-9-12-18(15(4)5)17(11-3)19(14-21)16(6)20(7,8)13-10-2/h9-14,16,21H,3H2,1-2,4-8H3/b12-9-,13-10-,19-17-,21-14?. The van der Waals surface area contributed by atoms with Gasteiger partial charge in [-0.2, -0.15) is 0 Å². The molecular weight excluding hydrogens is 254 g/mol. The van der Waals surface area contributed by atoms with E-state index < -0.39 is 0 Å². The Bertz CT molecular complexity index is 492. The summed E-state index contributed by atoms with van der Waals surface area (Å²) in [4.78, 5) is 0. The third-order valence-corrected chi connectivity index (χ3v) is 4.01. The minimum absolute atomic E-state index is 0.00141. The summed E-state index contributed by atoms with van der Waals surface area (Å²) in [5.74, 6) is 0.235. The van der Waals surface area contributed by atoms with Crippen molar-refractivity contribution in [1.29, 1.82) is 5.41 Å². The van der Waals surface area contributed by atoms with Crippen molar-refractivity contribution >= 4 is 6.21 Å². The minimum atomic E-state index is -0.00141. The molecule has 0 saturated carbocycles. The van der Waals surface area contributed by atoms with E-state index in [0.29, 0.717) is 0 Å². The molecule has 0 rings (SSSR count). The largest absolute Gasteiger partial charge is 0.308 e. The van der Waals surface area contributed by atoms with Gasteiger partial charge in [0, 0.05) is 6.21 Å². The molecule has 0 amide bonds. The number of nitrogens with one attached hydrogen (secondary N) is 1. The Morgan fingerprint density at radius 2 is 1.67 bits per heavy atom. The molecule has 0 heterocycles. The Morgan fingerprint density at radius 1 is 1.10 bits per heavy atom. The fourth-order valence-corrected chi connectivity index (χ4v) is 2.49. The lowest BCUT2D eigenvalue weighted by Crippen LogP contribution is -2.22. The molecule has 1 heteroatoms. The normalized spacial score (nSPS) is 15.0. The summed E-state index contributed by atoms with van der Waals surface area (Å²) >= 11 is 0. The van der Waals surface area contributed by atoms with Gasteiger partial charge in [-0.25, -0.2) is 0 Å². The van der Waals surface area contributed by atoms with Gasteiger partial charge in [-0.05, 0) is 55.7 Å². The first kappa shape index (κ1) is 19.4. The molecule has 0 aliphatic heterocycles. The molecule has 1 atom stereocenters. The predicted octanol–water partition coefficient (Wildman–Crippen LogP) is 6.27. The molecule has 0 bridgehead atoms.